The zero-order chi connectivity index (χ0) is 23.1. The van der Waals surface area contributed by atoms with E-state index in [1.54, 1.807) is 24.3 Å². The van der Waals surface area contributed by atoms with Crippen molar-refractivity contribution >= 4 is 23.2 Å². The normalized spacial score (nSPS) is 18.1. The van der Waals surface area contributed by atoms with Crippen molar-refractivity contribution in [3.05, 3.63) is 35.4 Å². The number of amides is 2. The van der Waals surface area contributed by atoms with E-state index < -0.39 is 0 Å². The minimum Gasteiger partial charge on any atom is -0.300 e. The van der Waals surface area contributed by atoms with Gasteiger partial charge in [0.25, 0.3) is 11.8 Å². The van der Waals surface area contributed by atoms with E-state index in [0.29, 0.717) is 23.2 Å². The van der Waals surface area contributed by atoms with E-state index in [4.69, 9.17) is 0 Å². The second-order valence-corrected chi connectivity index (χ2v) is 9.07. The van der Waals surface area contributed by atoms with Crippen LogP contribution in [0.4, 0.5) is 0 Å². The molecule has 2 N–H and O–H groups in total. The molecule has 32 heavy (non-hydrogen) atoms. The first-order valence-corrected chi connectivity index (χ1v) is 11.6. The lowest BCUT2D eigenvalue weighted by Gasteiger charge is -2.30. The maximum atomic E-state index is 12.4. The van der Waals surface area contributed by atoms with Crippen LogP contribution in [0.15, 0.2) is 34.5 Å². The Labute approximate surface area is 191 Å². The van der Waals surface area contributed by atoms with Gasteiger partial charge in [0.1, 0.15) is 0 Å². The fourth-order valence-electron chi connectivity index (χ4n) is 3.98. The molecule has 0 saturated carbocycles. The maximum Gasteiger partial charge on any atom is 0.271 e. The van der Waals surface area contributed by atoms with Crippen molar-refractivity contribution in [3.63, 3.8) is 0 Å². The van der Waals surface area contributed by atoms with Crippen molar-refractivity contribution in [3.8, 4) is 0 Å². The van der Waals surface area contributed by atoms with Crippen LogP contribution < -0.4 is 10.9 Å². The van der Waals surface area contributed by atoms with Crippen molar-refractivity contribution in [2.24, 2.45) is 10.2 Å². The minimum absolute atomic E-state index is 0.270. The highest BCUT2D eigenvalue weighted by molar-refractivity contribution is 5.99. The van der Waals surface area contributed by atoms with E-state index >= 15 is 0 Å². The largest absolute Gasteiger partial charge is 0.300 e. The first kappa shape index (κ1) is 24.1. The zero-order valence-electron chi connectivity index (χ0n) is 19.7. The molecule has 2 saturated heterocycles. The van der Waals surface area contributed by atoms with Gasteiger partial charge >= 0.3 is 0 Å². The van der Waals surface area contributed by atoms with Crippen molar-refractivity contribution in [2.75, 3.05) is 26.2 Å². The second-order valence-electron chi connectivity index (χ2n) is 9.07. The van der Waals surface area contributed by atoms with Gasteiger partial charge in [-0.05, 0) is 52.0 Å². The summed E-state index contributed by atoms with van der Waals surface area (Å²) in [6, 6.07) is 7.62. The topological polar surface area (TPSA) is 89.4 Å². The molecule has 3 rings (SSSR count). The molecule has 0 bridgehead atoms. The van der Waals surface area contributed by atoms with E-state index in [9.17, 15) is 9.59 Å². The van der Waals surface area contributed by atoms with Crippen molar-refractivity contribution in [2.45, 2.75) is 65.5 Å². The Kier molecular flexibility index (Phi) is 8.53. The van der Waals surface area contributed by atoms with Gasteiger partial charge in [-0.15, -0.1) is 0 Å². The SMILES string of the molecule is CC(C)N1CCC(=NNC(=O)c2ccc(C(=O)NN=C3CCN(C(C)C)CC3)cc2)CC1. The molecule has 8 nitrogen and oxygen atoms in total. The van der Waals surface area contributed by atoms with Gasteiger partial charge in [0.2, 0.25) is 0 Å². The third-order valence-corrected chi connectivity index (χ3v) is 6.25. The van der Waals surface area contributed by atoms with Crippen LogP contribution in [0, 0.1) is 0 Å². The fraction of sp³-hybridized carbons (Fsp3) is 0.583. The van der Waals surface area contributed by atoms with E-state index in [2.05, 4.69) is 58.5 Å². The molecule has 0 aliphatic carbocycles. The molecule has 2 heterocycles. The molecule has 1 aromatic carbocycles. The van der Waals surface area contributed by atoms with E-state index in [1.807, 2.05) is 0 Å². The number of nitrogens with one attached hydrogen (secondary N) is 2. The van der Waals surface area contributed by atoms with Gasteiger partial charge in [0, 0.05) is 86.5 Å². The smallest absolute Gasteiger partial charge is 0.271 e. The maximum absolute atomic E-state index is 12.4. The molecule has 2 amide bonds. The van der Waals surface area contributed by atoms with Crippen LogP contribution in [0.5, 0.6) is 0 Å². The molecule has 0 spiro atoms. The molecular weight excluding hydrogens is 404 g/mol. The Balaban J connectivity index is 1.47. The summed E-state index contributed by atoms with van der Waals surface area (Å²) in [4.78, 5) is 29.6. The number of piperidine rings is 2. The first-order valence-electron chi connectivity index (χ1n) is 11.6. The summed E-state index contributed by atoms with van der Waals surface area (Å²) in [6.07, 6.45) is 3.48. The lowest BCUT2D eigenvalue weighted by atomic mass is 10.1. The van der Waals surface area contributed by atoms with E-state index in [-0.39, 0.29) is 11.8 Å². The Morgan fingerprint density at radius 2 is 1.00 bits per heavy atom. The molecular formula is C24H36N6O2. The number of hydrogen-bond acceptors (Lipinski definition) is 6. The number of hydrazone groups is 2. The summed E-state index contributed by atoms with van der Waals surface area (Å²) in [5.74, 6) is -0.541. The first-order chi connectivity index (χ1) is 15.3. The van der Waals surface area contributed by atoms with Gasteiger partial charge in [0.05, 0.1) is 0 Å². The minimum atomic E-state index is -0.270. The van der Waals surface area contributed by atoms with Gasteiger partial charge in [-0.25, -0.2) is 10.9 Å². The number of rotatable bonds is 6. The lowest BCUT2D eigenvalue weighted by Crippen LogP contribution is -2.39. The van der Waals surface area contributed by atoms with Gasteiger partial charge in [-0.3, -0.25) is 9.59 Å². The Hall–Kier alpha value is -2.58. The number of nitrogens with zero attached hydrogens (tertiary/aromatic N) is 4. The highest BCUT2D eigenvalue weighted by Crippen LogP contribution is 2.12. The summed E-state index contributed by atoms with van der Waals surface area (Å²) in [6.45, 7) is 12.6. The Morgan fingerprint density at radius 3 is 1.28 bits per heavy atom. The zero-order valence-corrected chi connectivity index (χ0v) is 19.7. The third-order valence-electron chi connectivity index (χ3n) is 6.25. The number of carbonyl (C=O) groups excluding carboxylic acids is 2. The molecule has 2 fully saturated rings. The number of carbonyl (C=O) groups is 2. The summed E-state index contributed by atoms with van der Waals surface area (Å²) < 4.78 is 0. The van der Waals surface area contributed by atoms with Crippen LogP contribution in [-0.2, 0) is 0 Å². The van der Waals surface area contributed by atoms with E-state index in [1.165, 1.54) is 0 Å². The second kappa shape index (κ2) is 11.3. The fourth-order valence-corrected chi connectivity index (χ4v) is 3.98. The van der Waals surface area contributed by atoms with Crippen molar-refractivity contribution in [1.29, 1.82) is 0 Å². The predicted octanol–water partition coefficient (Wildman–Crippen LogP) is 2.87. The molecule has 2 aliphatic rings. The summed E-state index contributed by atoms with van der Waals surface area (Å²) >= 11 is 0. The van der Waals surface area contributed by atoms with Crippen LogP contribution in [0.3, 0.4) is 0 Å². The monoisotopic (exact) mass is 440 g/mol. The van der Waals surface area contributed by atoms with Gasteiger partial charge in [0.15, 0.2) is 0 Å². The molecule has 1 aromatic rings. The standard InChI is InChI=1S/C24H36N6O2/c1-17(2)29-13-9-21(10-14-29)25-27-23(31)19-5-7-20(8-6-19)24(32)28-26-22-11-15-30(16-12-22)18(3)4/h5-8,17-18H,9-16H2,1-4H3,(H,27,31)(H,28,32). The molecule has 0 aromatic heterocycles. The summed E-state index contributed by atoms with van der Waals surface area (Å²) in [7, 11) is 0. The number of likely N-dealkylation sites (tertiary alicyclic amines) is 2. The van der Waals surface area contributed by atoms with Crippen LogP contribution >= 0.6 is 0 Å². The molecule has 0 radical (unpaired) electrons. The average Bonchev–Trinajstić information content (AvgIpc) is 2.81. The van der Waals surface area contributed by atoms with Gasteiger partial charge in [-0.2, -0.15) is 10.2 Å². The molecule has 2 aliphatic heterocycles. The average molecular weight is 441 g/mol. The third kappa shape index (κ3) is 6.71. The highest BCUT2D eigenvalue weighted by atomic mass is 16.2. The van der Waals surface area contributed by atoms with Crippen molar-refractivity contribution in [1.82, 2.24) is 20.7 Å². The molecule has 0 unspecified atom stereocenters. The highest BCUT2D eigenvalue weighted by Gasteiger charge is 2.19. The van der Waals surface area contributed by atoms with Crippen LogP contribution in [0.1, 0.15) is 74.1 Å². The Morgan fingerprint density at radius 1 is 0.688 bits per heavy atom. The number of hydrogen-bond donors (Lipinski definition) is 2. The molecule has 0 atom stereocenters. The quantitative estimate of drug-likeness (QED) is 0.666. The molecule has 8 heteroatoms. The van der Waals surface area contributed by atoms with Gasteiger partial charge < -0.3 is 9.80 Å². The van der Waals surface area contributed by atoms with Crippen LogP contribution in [-0.4, -0.2) is 71.3 Å². The Bertz CT molecular complexity index is 769. The predicted molar refractivity (Wildman–Crippen MR) is 128 cm³/mol. The van der Waals surface area contributed by atoms with Crippen LogP contribution in [0.2, 0.25) is 0 Å². The molecule has 174 valence electrons. The van der Waals surface area contributed by atoms with E-state index in [0.717, 1.165) is 63.3 Å². The van der Waals surface area contributed by atoms with Crippen LogP contribution in [0.25, 0.3) is 0 Å². The number of benzene rings is 1. The van der Waals surface area contributed by atoms with Crippen molar-refractivity contribution < 1.29 is 9.59 Å². The summed E-state index contributed by atoms with van der Waals surface area (Å²) in [5.41, 5.74) is 8.27. The lowest BCUT2D eigenvalue weighted by molar-refractivity contribution is 0.0942. The van der Waals surface area contributed by atoms with Gasteiger partial charge in [-0.1, -0.05) is 0 Å². The summed E-state index contributed by atoms with van der Waals surface area (Å²) in [5, 5.41) is 8.60.